The Morgan fingerprint density at radius 1 is 1.04 bits per heavy atom. The lowest BCUT2D eigenvalue weighted by Crippen LogP contribution is -2.49. The van der Waals surface area contributed by atoms with E-state index in [0.717, 1.165) is 16.7 Å². The quantitative estimate of drug-likeness (QED) is 0.760. The van der Waals surface area contributed by atoms with Crippen molar-refractivity contribution in [2.75, 3.05) is 13.7 Å². The number of nitrogens with one attached hydrogen (secondary N) is 1. The third-order valence-electron chi connectivity index (χ3n) is 5.07. The molecule has 0 heterocycles. The second-order valence-corrected chi connectivity index (χ2v) is 7.02. The Kier molecular flexibility index (Phi) is 7.61. The Morgan fingerprint density at radius 3 is 2.36 bits per heavy atom. The molecule has 2 aromatic rings. The largest absolute Gasteiger partial charge is 0.484 e. The van der Waals surface area contributed by atoms with E-state index in [4.69, 9.17) is 4.74 Å². The molecule has 5 heteroatoms. The molecule has 2 aromatic carbocycles. The number of likely N-dealkylation sites (N-methyl/N-ethyl adjacent to an activating group) is 1. The molecule has 0 radical (unpaired) electrons. The molecule has 5 nitrogen and oxygen atoms in total. The first-order valence-electron chi connectivity index (χ1n) is 9.63. The van der Waals surface area contributed by atoms with Crippen LogP contribution in [0.3, 0.4) is 0 Å². The second kappa shape index (κ2) is 9.93. The molecule has 0 fully saturated rings. The van der Waals surface area contributed by atoms with Crippen LogP contribution in [0.4, 0.5) is 0 Å². The summed E-state index contributed by atoms with van der Waals surface area (Å²) in [6.45, 7) is 8.21. The van der Waals surface area contributed by atoms with Crippen LogP contribution >= 0.6 is 0 Å². The van der Waals surface area contributed by atoms with Gasteiger partial charge in [0.25, 0.3) is 5.91 Å². The van der Waals surface area contributed by atoms with Crippen molar-refractivity contribution in [3.63, 3.8) is 0 Å². The summed E-state index contributed by atoms with van der Waals surface area (Å²) in [5.74, 6) is 0.271. The summed E-state index contributed by atoms with van der Waals surface area (Å²) in [5, 5.41) is 2.67. The molecule has 0 bridgehead atoms. The van der Waals surface area contributed by atoms with E-state index in [1.165, 1.54) is 5.56 Å². The average Bonchev–Trinajstić information content (AvgIpc) is 2.69. The Bertz CT molecular complexity index is 832. The minimum atomic E-state index is -0.541. The minimum Gasteiger partial charge on any atom is -0.484 e. The van der Waals surface area contributed by atoms with Crippen LogP contribution in [-0.4, -0.2) is 36.4 Å². The Balaban J connectivity index is 2.21. The molecule has 28 heavy (non-hydrogen) atoms. The van der Waals surface area contributed by atoms with Gasteiger partial charge < -0.3 is 15.0 Å². The van der Waals surface area contributed by atoms with Crippen LogP contribution in [0.1, 0.15) is 35.6 Å². The number of aryl methyl sites for hydroxylation is 3. The van der Waals surface area contributed by atoms with Crippen LogP contribution in [0.2, 0.25) is 0 Å². The number of ether oxygens (including phenoxy) is 1. The zero-order valence-electron chi connectivity index (χ0n) is 17.4. The molecule has 0 aromatic heterocycles. The molecule has 0 aliphatic rings. The molecule has 0 aliphatic carbocycles. The van der Waals surface area contributed by atoms with E-state index in [2.05, 4.69) is 5.32 Å². The maximum atomic E-state index is 13.0. The molecule has 2 rings (SSSR count). The zero-order valence-corrected chi connectivity index (χ0v) is 17.4. The van der Waals surface area contributed by atoms with Crippen LogP contribution in [0.15, 0.2) is 42.5 Å². The smallest absolute Gasteiger partial charge is 0.261 e. The van der Waals surface area contributed by atoms with Crippen LogP contribution in [-0.2, 0) is 16.1 Å². The maximum Gasteiger partial charge on any atom is 0.261 e. The molecule has 0 aliphatic heterocycles. The summed E-state index contributed by atoms with van der Waals surface area (Å²) in [7, 11) is 1.59. The summed E-state index contributed by atoms with van der Waals surface area (Å²) in [5.41, 5.74) is 4.38. The highest BCUT2D eigenvalue weighted by atomic mass is 16.5. The predicted octanol–water partition coefficient (Wildman–Crippen LogP) is 3.54. The van der Waals surface area contributed by atoms with Gasteiger partial charge in [-0.3, -0.25) is 9.59 Å². The number of amides is 2. The van der Waals surface area contributed by atoms with Gasteiger partial charge in [0.2, 0.25) is 5.91 Å². The summed E-state index contributed by atoms with van der Waals surface area (Å²) >= 11 is 0. The number of benzene rings is 2. The fraction of sp³-hybridized carbons (Fsp3) is 0.391. The monoisotopic (exact) mass is 382 g/mol. The first-order valence-corrected chi connectivity index (χ1v) is 9.63. The first-order chi connectivity index (χ1) is 13.4. The van der Waals surface area contributed by atoms with Crippen molar-refractivity contribution in [3.8, 4) is 5.75 Å². The highest BCUT2D eigenvalue weighted by molar-refractivity contribution is 5.88. The standard InChI is InChI=1S/C23H30N2O3/c1-6-21(23(27)24-5)25(14-19-10-8-7-9-17(19)3)22(26)15-28-20-12-11-16(2)18(4)13-20/h7-13,21H,6,14-15H2,1-5H3,(H,24,27)/t21-/m1/s1. The van der Waals surface area contributed by atoms with E-state index >= 15 is 0 Å². The van der Waals surface area contributed by atoms with E-state index in [9.17, 15) is 9.59 Å². The van der Waals surface area contributed by atoms with Crippen molar-refractivity contribution < 1.29 is 14.3 Å². The van der Waals surface area contributed by atoms with Gasteiger partial charge in [-0.15, -0.1) is 0 Å². The van der Waals surface area contributed by atoms with Crippen molar-refractivity contribution in [2.45, 2.75) is 46.7 Å². The lowest BCUT2D eigenvalue weighted by Gasteiger charge is -2.30. The van der Waals surface area contributed by atoms with Gasteiger partial charge in [-0.1, -0.05) is 37.3 Å². The highest BCUT2D eigenvalue weighted by Crippen LogP contribution is 2.18. The maximum absolute atomic E-state index is 13.0. The van der Waals surface area contributed by atoms with E-state index in [1.807, 2.05) is 70.2 Å². The molecule has 0 spiro atoms. The SMILES string of the molecule is CC[C@H](C(=O)NC)N(Cc1ccccc1C)C(=O)COc1ccc(C)c(C)c1. The van der Waals surface area contributed by atoms with Gasteiger partial charge in [0.1, 0.15) is 11.8 Å². The normalized spacial score (nSPS) is 11.6. The number of carbonyl (C=O) groups excluding carboxylic acids is 2. The topological polar surface area (TPSA) is 58.6 Å². The van der Waals surface area contributed by atoms with Gasteiger partial charge in [-0.05, 0) is 61.6 Å². The summed E-state index contributed by atoms with van der Waals surface area (Å²) < 4.78 is 5.74. The zero-order chi connectivity index (χ0) is 20.7. The number of carbonyl (C=O) groups is 2. The van der Waals surface area contributed by atoms with E-state index in [0.29, 0.717) is 18.7 Å². The molecule has 2 amide bonds. The summed E-state index contributed by atoms with van der Waals surface area (Å²) in [6.07, 6.45) is 0.529. The van der Waals surface area contributed by atoms with Crippen molar-refractivity contribution in [3.05, 3.63) is 64.7 Å². The van der Waals surface area contributed by atoms with Gasteiger partial charge in [0.05, 0.1) is 0 Å². The van der Waals surface area contributed by atoms with Gasteiger partial charge in [0, 0.05) is 13.6 Å². The van der Waals surface area contributed by atoms with Crippen molar-refractivity contribution in [1.82, 2.24) is 10.2 Å². The summed E-state index contributed by atoms with van der Waals surface area (Å²) in [6, 6.07) is 13.1. The van der Waals surface area contributed by atoms with Gasteiger partial charge in [-0.2, -0.15) is 0 Å². The Hall–Kier alpha value is -2.82. The number of hydrogen-bond donors (Lipinski definition) is 1. The third kappa shape index (κ3) is 5.35. The van der Waals surface area contributed by atoms with Crippen molar-refractivity contribution in [2.24, 2.45) is 0 Å². The fourth-order valence-electron chi connectivity index (χ4n) is 3.09. The van der Waals surface area contributed by atoms with Crippen LogP contribution < -0.4 is 10.1 Å². The second-order valence-electron chi connectivity index (χ2n) is 7.02. The fourth-order valence-corrected chi connectivity index (χ4v) is 3.09. The average molecular weight is 383 g/mol. The molecule has 1 N–H and O–H groups in total. The van der Waals surface area contributed by atoms with Gasteiger partial charge in [0.15, 0.2) is 6.61 Å². The van der Waals surface area contributed by atoms with Crippen LogP contribution in [0, 0.1) is 20.8 Å². The van der Waals surface area contributed by atoms with E-state index in [-0.39, 0.29) is 18.4 Å². The third-order valence-corrected chi connectivity index (χ3v) is 5.07. The molecular weight excluding hydrogens is 352 g/mol. The number of rotatable bonds is 8. The lowest BCUT2D eigenvalue weighted by atomic mass is 10.1. The molecule has 0 saturated carbocycles. The first kappa shape index (κ1) is 21.5. The molecule has 0 saturated heterocycles. The predicted molar refractivity (Wildman–Crippen MR) is 111 cm³/mol. The minimum absolute atomic E-state index is 0.109. The van der Waals surface area contributed by atoms with Crippen LogP contribution in [0.25, 0.3) is 0 Å². The van der Waals surface area contributed by atoms with Crippen LogP contribution in [0.5, 0.6) is 5.75 Å². The van der Waals surface area contributed by atoms with Crippen molar-refractivity contribution in [1.29, 1.82) is 0 Å². The molecule has 150 valence electrons. The Labute approximate surface area is 167 Å². The Morgan fingerprint density at radius 2 is 1.75 bits per heavy atom. The number of hydrogen-bond acceptors (Lipinski definition) is 3. The van der Waals surface area contributed by atoms with Gasteiger partial charge >= 0.3 is 0 Å². The summed E-state index contributed by atoms with van der Waals surface area (Å²) in [4.78, 5) is 27.0. The lowest BCUT2D eigenvalue weighted by molar-refractivity contribution is -0.142. The molecule has 1 atom stereocenters. The highest BCUT2D eigenvalue weighted by Gasteiger charge is 2.28. The molecular formula is C23H30N2O3. The van der Waals surface area contributed by atoms with E-state index < -0.39 is 6.04 Å². The number of nitrogens with zero attached hydrogens (tertiary/aromatic N) is 1. The molecule has 0 unspecified atom stereocenters. The van der Waals surface area contributed by atoms with E-state index in [1.54, 1.807) is 11.9 Å². The van der Waals surface area contributed by atoms with Gasteiger partial charge in [-0.25, -0.2) is 0 Å². The van der Waals surface area contributed by atoms with Crippen molar-refractivity contribution >= 4 is 11.8 Å².